The minimum Gasteiger partial charge on any atom is -0.369 e. The summed E-state index contributed by atoms with van der Waals surface area (Å²) in [5, 5.41) is 0.516. The summed E-state index contributed by atoms with van der Waals surface area (Å²) in [6, 6.07) is 0. The summed E-state index contributed by atoms with van der Waals surface area (Å²) in [7, 11) is 0. The lowest BCUT2D eigenvalue weighted by Gasteiger charge is -1.97. The molecular weight excluding hydrogens is 216 g/mol. The molecule has 1 heterocycles. The molecule has 0 saturated carbocycles. The highest BCUT2D eigenvalue weighted by Crippen LogP contribution is 2.29. The molecule has 78 valence electrons. The Morgan fingerprint density at radius 1 is 1.64 bits per heavy atom. The molecule has 0 fully saturated rings. The van der Waals surface area contributed by atoms with E-state index in [0.717, 1.165) is 14.9 Å². The van der Waals surface area contributed by atoms with Gasteiger partial charge in [0.05, 0.1) is 12.1 Å². The molecule has 5 heteroatoms. The number of nitrogens with two attached hydrogens (primary N) is 1. The molecule has 1 amide bonds. The Kier molecular flexibility index (Phi) is 3.95. The molecule has 0 aliphatic carbocycles. The number of aryl methyl sites for hydroxylation is 1. The van der Waals surface area contributed by atoms with E-state index in [-0.39, 0.29) is 5.91 Å². The van der Waals surface area contributed by atoms with Crippen LogP contribution < -0.4 is 5.73 Å². The third-order valence-electron chi connectivity index (χ3n) is 1.54. The molecule has 3 nitrogen and oxygen atoms in total. The number of carbonyl (C=O) groups excluding carboxylic acids is 1. The van der Waals surface area contributed by atoms with Gasteiger partial charge in [0.2, 0.25) is 5.91 Å². The first-order chi connectivity index (χ1) is 6.49. The Labute approximate surface area is 92.1 Å². The van der Waals surface area contributed by atoms with E-state index in [4.69, 9.17) is 5.73 Å². The Balaban J connectivity index is 2.76. The average molecular weight is 230 g/mol. The molecule has 14 heavy (non-hydrogen) atoms. The second-order valence-electron chi connectivity index (χ2n) is 3.30. The molecule has 0 radical (unpaired) electrons. The summed E-state index contributed by atoms with van der Waals surface area (Å²) in [6.45, 7) is 6.16. The van der Waals surface area contributed by atoms with Crippen LogP contribution in [0.4, 0.5) is 0 Å². The lowest BCUT2D eigenvalue weighted by molar-refractivity contribution is -0.117. The van der Waals surface area contributed by atoms with Gasteiger partial charge in [-0.05, 0) is 6.92 Å². The fourth-order valence-corrected chi connectivity index (χ4v) is 3.44. The zero-order chi connectivity index (χ0) is 10.7. The van der Waals surface area contributed by atoms with Gasteiger partial charge >= 0.3 is 0 Å². The van der Waals surface area contributed by atoms with Crippen molar-refractivity contribution >= 4 is 29.0 Å². The maximum absolute atomic E-state index is 10.7. The molecule has 2 N–H and O–H groups in total. The predicted molar refractivity (Wildman–Crippen MR) is 60.7 cm³/mol. The van der Waals surface area contributed by atoms with Gasteiger partial charge in [-0.3, -0.25) is 4.79 Å². The van der Waals surface area contributed by atoms with Crippen LogP contribution >= 0.6 is 23.1 Å². The van der Waals surface area contributed by atoms with Gasteiger partial charge in [-0.25, -0.2) is 4.98 Å². The summed E-state index contributed by atoms with van der Waals surface area (Å²) in [4.78, 5) is 16.1. The Hall–Kier alpha value is -0.550. The van der Waals surface area contributed by atoms with E-state index in [1.165, 1.54) is 0 Å². The Morgan fingerprint density at radius 3 is 2.79 bits per heavy atom. The number of carbonyl (C=O) groups is 1. The van der Waals surface area contributed by atoms with Crippen molar-refractivity contribution in [2.45, 2.75) is 36.8 Å². The summed E-state index contributed by atoms with van der Waals surface area (Å²) in [6.07, 6.45) is 0.308. The number of nitrogens with zero attached hydrogens (tertiary/aromatic N) is 1. The van der Waals surface area contributed by atoms with E-state index in [9.17, 15) is 4.79 Å². The maximum Gasteiger partial charge on any atom is 0.222 e. The first-order valence-electron chi connectivity index (χ1n) is 4.40. The molecule has 0 atom stereocenters. The molecule has 1 aromatic heterocycles. The molecule has 1 rings (SSSR count). The van der Waals surface area contributed by atoms with Gasteiger partial charge in [-0.1, -0.05) is 25.6 Å². The summed E-state index contributed by atoms with van der Waals surface area (Å²) < 4.78 is 1.02. The van der Waals surface area contributed by atoms with E-state index in [2.05, 4.69) is 18.8 Å². The first-order valence-corrected chi connectivity index (χ1v) is 6.10. The van der Waals surface area contributed by atoms with E-state index >= 15 is 0 Å². The topological polar surface area (TPSA) is 56.0 Å². The van der Waals surface area contributed by atoms with E-state index in [1.54, 1.807) is 23.1 Å². The van der Waals surface area contributed by atoms with Crippen LogP contribution in [0.2, 0.25) is 0 Å². The van der Waals surface area contributed by atoms with Crippen molar-refractivity contribution in [1.82, 2.24) is 4.98 Å². The second kappa shape index (κ2) is 4.79. The standard InChI is InChI=1S/C9H14N2OS2/c1-5(2)13-9-11-6(3)7(14-9)4-8(10)12/h5H,4H2,1-3H3,(H2,10,12). The number of aromatic nitrogens is 1. The highest BCUT2D eigenvalue weighted by Gasteiger charge is 2.11. The quantitative estimate of drug-likeness (QED) is 0.805. The monoisotopic (exact) mass is 230 g/mol. The number of thiazole rings is 1. The van der Waals surface area contributed by atoms with Crippen molar-refractivity contribution in [1.29, 1.82) is 0 Å². The number of amides is 1. The summed E-state index contributed by atoms with van der Waals surface area (Å²) in [5.74, 6) is -0.294. The van der Waals surface area contributed by atoms with Crippen molar-refractivity contribution in [3.05, 3.63) is 10.6 Å². The molecule has 1 aromatic rings. The summed E-state index contributed by atoms with van der Waals surface area (Å²) >= 11 is 3.28. The largest absolute Gasteiger partial charge is 0.369 e. The van der Waals surface area contributed by atoms with Crippen LogP contribution in [0.1, 0.15) is 24.4 Å². The van der Waals surface area contributed by atoms with Gasteiger partial charge in [0.15, 0.2) is 4.34 Å². The molecule has 0 aromatic carbocycles. The third kappa shape index (κ3) is 3.31. The number of hydrogen-bond donors (Lipinski definition) is 1. The number of thioether (sulfide) groups is 1. The van der Waals surface area contributed by atoms with Crippen LogP contribution in [0.5, 0.6) is 0 Å². The van der Waals surface area contributed by atoms with Gasteiger partial charge in [0.1, 0.15) is 0 Å². The zero-order valence-corrected chi connectivity index (χ0v) is 10.2. The number of hydrogen-bond acceptors (Lipinski definition) is 4. The molecule has 0 aliphatic heterocycles. The van der Waals surface area contributed by atoms with E-state index < -0.39 is 0 Å². The second-order valence-corrected chi connectivity index (χ2v) is 6.21. The van der Waals surface area contributed by atoms with Gasteiger partial charge in [-0.2, -0.15) is 0 Å². The van der Waals surface area contributed by atoms with Crippen molar-refractivity contribution in [2.75, 3.05) is 0 Å². The van der Waals surface area contributed by atoms with Crippen LogP contribution in [-0.4, -0.2) is 16.1 Å². The van der Waals surface area contributed by atoms with Crippen molar-refractivity contribution in [2.24, 2.45) is 5.73 Å². The third-order valence-corrected chi connectivity index (χ3v) is 3.80. The molecule has 0 aliphatic rings. The number of rotatable bonds is 4. The highest BCUT2D eigenvalue weighted by molar-refractivity contribution is 8.01. The van der Waals surface area contributed by atoms with Crippen molar-refractivity contribution in [3.63, 3.8) is 0 Å². The molecule has 0 bridgehead atoms. The average Bonchev–Trinajstić information content (AvgIpc) is 2.28. The Morgan fingerprint density at radius 2 is 2.29 bits per heavy atom. The Bertz CT molecular complexity index is 334. The lowest BCUT2D eigenvalue weighted by Crippen LogP contribution is -2.13. The van der Waals surface area contributed by atoms with Crippen LogP contribution in [0.15, 0.2) is 4.34 Å². The van der Waals surface area contributed by atoms with Crippen LogP contribution in [0.3, 0.4) is 0 Å². The fourth-order valence-electron chi connectivity index (χ4n) is 0.976. The van der Waals surface area contributed by atoms with Gasteiger partial charge in [0, 0.05) is 10.1 Å². The smallest absolute Gasteiger partial charge is 0.222 e. The lowest BCUT2D eigenvalue weighted by atomic mass is 10.3. The van der Waals surface area contributed by atoms with Crippen LogP contribution in [0.25, 0.3) is 0 Å². The SMILES string of the molecule is Cc1nc(SC(C)C)sc1CC(N)=O. The van der Waals surface area contributed by atoms with Crippen molar-refractivity contribution < 1.29 is 4.79 Å². The molecule has 0 saturated heterocycles. The predicted octanol–water partition coefficient (Wildman–Crippen LogP) is 1.98. The first kappa shape index (κ1) is 11.5. The zero-order valence-electron chi connectivity index (χ0n) is 8.53. The minimum atomic E-state index is -0.294. The van der Waals surface area contributed by atoms with Gasteiger partial charge in [0.25, 0.3) is 0 Å². The normalized spacial score (nSPS) is 10.9. The molecule has 0 unspecified atom stereocenters. The molecule has 0 spiro atoms. The fraction of sp³-hybridized carbons (Fsp3) is 0.556. The van der Waals surface area contributed by atoms with Gasteiger partial charge in [-0.15, -0.1) is 11.3 Å². The van der Waals surface area contributed by atoms with E-state index in [1.807, 2.05) is 6.92 Å². The number of primary amides is 1. The molecular formula is C9H14N2OS2. The summed E-state index contributed by atoms with van der Waals surface area (Å²) in [5.41, 5.74) is 6.06. The van der Waals surface area contributed by atoms with Gasteiger partial charge < -0.3 is 5.73 Å². The maximum atomic E-state index is 10.7. The minimum absolute atomic E-state index is 0.294. The van der Waals surface area contributed by atoms with E-state index in [0.29, 0.717) is 11.7 Å². The van der Waals surface area contributed by atoms with Crippen molar-refractivity contribution in [3.8, 4) is 0 Å². The highest BCUT2D eigenvalue weighted by atomic mass is 32.2. The van der Waals surface area contributed by atoms with Crippen LogP contribution in [0, 0.1) is 6.92 Å². The van der Waals surface area contributed by atoms with Crippen LogP contribution in [-0.2, 0) is 11.2 Å².